The molecular weight excluding hydrogens is 462 g/mol. The Balaban J connectivity index is 0.00000289. The number of Topliss-reactive ketones (excluding diaryl/α,β-unsaturated/α-hetero) is 1. The summed E-state index contributed by atoms with van der Waals surface area (Å²) in [6.45, 7) is 4.87. The number of nitrogens with zero attached hydrogens (tertiary/aromatic N) is 1. The Kier molecular flexibility index (Phi) is 8.66. The number of rotatable bonds is 8. The van der Waals surface area contributed by atoms with Crippen LogP contribution in [0.1, 0.15) is 37.3 Å². The fourth-order valence-electron chi connectivity index (χ4n) is 4.69. The fraction of sp³-hybridized carbons (Fsp3) is 0.321. The number of ketones is 1. The van der Waals surface area contributed by atoms with Crippen LogP contribution in [0.2, 0.25) is 0 Å². The molecular formula is C28H32BrNO2. The second-order valence-corrected chi connectivity index (χ2v) is 8.35. The van der Waals surface area contributed by atoms with Crippen LogP contribution in [-0.4, -0.2) is 30.3 Å². The second-order valence-electron chi connectivity index (χ2n) is 8.35. The molecule has 3 nitrogen and oxygen atoms in total. The Labute approximate surface area is 202 Å². The van der Waals surface area contributed by atoms with Crippen molar-refractivity contribution in [3.63, 3.8) is 0 Å². The number of hydrogen-bond acceptors (Lipinski definition) is 3. The van der Waals surface area contributed by atoms with Crippen molar-refractivity contribution in [2.24, 2.45) is 0 Å². The zero-order valence-corrected chi connectivity index (χ0v) is 20.4. The molecule has 4 rings (SSSR count). The SMILES string of the molecule is Br.CCC(=O)C1(c2ccccc2Oc2ccccc2)CCN(CCc2ccccc2)CC1. The molecule has 0 amide bonds. The summed E-state index contributed by atoms with van der Waals surface area (Å²) in [7, 11) is 0. The van der Waals surface area contributed by atoms with E-state index in [1.165, 1.54) is 5.56 Å². The lowest BCUT2D eigenvalue weighted by molar-refractivity contribution is -0.126. The third-order valence-corrected chi connectivity index (χ3v) is 6.50. The highest BCUT2D eigenvalue weighted by Crippen LogP contribution is 2.43. The molecule has 0 bridgehead atoms. The molecule has 0 aliphatic carbocycles. The largest absolute Gasteiger partial charge is 0.457 e. The highest BCUT2D eigenvalue weighted by molar-refractivity contribution is 8.93. The molecule has 4 heteroatoms. The van der Waals surface area contributed by atoms with Crippen LogP contribution in [0.4, 0.5) is 0 Å². The van der Waals surface area contributed by atoms with Gasteiger partial charge in [-0.2, -0.15) is 0 Å². The van der Waals surface area contributed by atoms with Crippen molar-refractivity contribution < 1.29 is 9.53 Å². The smallest absolute Gasteiger partial charge is 0.143 e. The Morgan fingerprint density at radius 2 is 1.47 bits per heavy atom. The van der Waals surface area contributed by atoms with E-state index in [1.54, 1.807) is 0 Å². The standard InChI is InChI=1S/C28H31NO2.BrH/c1-2-27(30)28(18-21-29(22-19-28)20-17-23-11-5-3-6-12-23)25-15-9-10-16-26(25)31-24-13-7-4-8-14-24;/h3-16H,2,17-22H2,1H3;1H. The summed E-state index contributed by atoms with van der Waals surface area (Å²) in [6.07, 6.45) is 3.26. The maximum absolute atomic E-state index is 13.3. The zero-order valence-electron chi connectivity index (χ0n) is 18.7. The van der Waals surface area contributed by atoms with Gasteiger partial charge in [-0.25, -0.2) is 0 Å². The number of carbonyl (C=O) groups is 1. The fourth-order valence-corrected chi connectivity index (χ4v) is 4.69. The summed E-state index contributed by atoms with van der Waals surface area (Å²) in [6, 6.07) is 28.6. The quantitative estimate of drug-likeness (QED) is 0.353. The van der Waals surface area contributed by atoms with Gasteiger partial charge < -0.3 is 9.64 Å². The van der Waals surface area contributed by atoms with Crippen LogP contribution >= 0.6 is 17.0 Å². The van der Waals surface area contributed by atoms with Gasteiger partial charge in [-0.3, -0.25) is 4.79 Å². The Morgan fingerprint density at radius 1 is 0.875 bits per heavy atom. The molecule has 0 unspecified atom stereocenters. The van der Waals surface area contributed by atoms with Crippen molar-refractivity contribution in [3.05, 3.63) is 96.1 Å². The maximum atomic E-state index is 13.3. The van der Waals surface area contributed by atoms with E-state index in [9.17, 15) is 4.79 Å². The van der Waals surface area contributed by atoms with Gasteiger partial charge in [0.05, 0.1) is 5.41 Å². The molecule has 1 aliphatic rings. The number of likely N-dealkylation sites (tertiary alicyclic amines) is 1. The second kappa shape index (κ2) is 11.4. The summed E-state index contributed by atoms with van der Waals surface area (Å²) < 4.78 is 6.25. The minimum absolute atomic E-state index is 0. The van der Waals surface area contributed by atoms with E-state index >= 15 is 0 Å². The van der Waals surface area contributed by atoms with E-state index in [1.807, 2.05) is 55.5 Å². The molecule has 0 N–H and O–H groups in total. The number of hydrogen-bond donors (Lipinski definition) is 0. The van der Waals surface area contributed by atoms with Crippen LogP contribution in [0.5, 0.6) is 11.5 Å². The molecule has 0 atom stereocenters. The molecule has 0 aromatic heterocycles. The van der Waals surface area contributed by atoms with Gasteiger partial charge in [-0.1, -0.05) is 73.7 Å². The number of benzene rings is 3. The van der Waals surface area contributed by atoms with Gasteiger partial charge in [0.25, 0.3) is 0 Å². The van der Waals surface area contributed by atoms with Crippen LogP contribution in [0.3, 0.4) is 0 Å². The van der Waals surface area contributed by atoms with Crippen molar-refractivity contribution in [2.45, 2.75) is 38.0 Å². The molecule has 1 heterocycles. The lowest BCUT2D eigenvalue weighted by Gasteiger charge is -2.41. The van der Waals surface area contributed by atoms with Gasteiger partial charge in [0.15, 0.2) is 0 Å². The van der Waals surface area contributed by atoms with Crippen LogP contribution in [0, 0.1) is 0 Å². The first-order valence-electron chi connectivity index (χ1n) is 11.3. The van der Waals surface area contributed by atoms with Gasteiger partial charge in [-0.05, 0) is 56.1 Å². The van der Waals surface area contributed by atoms with Crippen LogP contribution in [0.15, 0.2) is 84.9 Å². The van der Waals surface area contributed by atoms with Crippen molar-refractivity contribution in [2.75, 3.05) is 19.6 Å². The first-order valence-corrected chi connectivity index (χ1v) is 11.3. The van der Waals surface area contributed by atoms with Crippen LogP contribution < -0.4 is 4.74 Å². The van der Waals surface area contributed by atoms with E-state index in [4.69, 9.17) is 4.74 Å². The summed E-state index contributed by atoms with van der Waals surface area (Å²) in [4.78, 5) is 15.8. The van der Waals surface area contributed by atoms with Crippen molar-refractivity contribution >= 4 is 22.8 Å². The van der Waals surface area contributed by atoms with Gasteiger partial charge in [-0.15, -0.1) is 17.0 Å². The maximum Gasteiger partial charge on any atom is 0.143 e. The predicted molar refractivity (Wildman–Crippen MR) is 136 cm³/mol. The Morgan fingerprint density at radius 3 is 2.12 bits per heavy atom. The molecule has 3 aromatic carbocycles. The Hall–Kier alpha value is -2.43. The summed E-state index contributed by atoms with van der Waals surface area (Å²) in [5, 5.41) is 0. The molecule has 1 aliphatic heterocycles. The van der Waals surface area contributed by atoms with Gasteiger partial charge in [0.1, 0.15) is 17.3 Å². The highest BCUT2D eigenvalue weighted by atomic mass is 79.9. The first kappa shape index (κ1) is 24.2. The normalized spacial score (nSPS) is 15.5. The molecule has 0 spiro atoms. The summed E-state index contributed by atoms with van der Waals surface area (Å²) in [5.74, 6) is 1.92. The minimum Gasteiger partial charge on any atom is -0.457 e. The van der Waals surface area contributed by atoms with Crippen molar-refractivity contribution in [3.8, 4) is 11.5 Å². The number of halogens is 1. The van der Waals surface area contributed by atoms with Gasteiger partial charge in [0.2, 0.25) is 0 Å². The number of piperidine rings is 1. The van der Waals surface area contributed by atoms with Crippen LogP contribution in [-0.2, 0) is 16.6 Å². The van der Waals surface area contributed by atoms with E-state index in [0.717, 1.165) is 56.0 Å². The topological polar surface area (TPSA) is 29.5 Å². The van der Waals surface area contributed by atoms with Gasteiger partial charge in [0, 0.05) is 18.5 Å². The van der Waals surface area contributed by atoms with E-state index in [2.05, 4.69) is 41.3 Å². The van der Waals surface area contributed by atoms with E-state index in [-0.39, 0.29) is 17.0 Å². The van der Waals surface area contributed by atoms with E-state index < -0.39 is 5.41 Å². The average molecular weight is 494 g/mol. The third-order valence-electron chi connectivity index (χ3n) is 6.50. The van der Waals surface area contributed by atoms with Crippen LogP contribution in [0.25, 0.3) is 0 Å². The first-order chi connectivity index (χ1) is 15.2. The highest BCUT2D eigenvalue weighted by Gasteiger charge is 2.43. The summed E-state index contributed by atoms with van der Waals surface area (Å²) >= 11 is 0. The lowest BCUT2D eigenvalue weighted by atomic mass is 9.68. The lowest BCUT2D eigenvalue weighted by Crippen LogP contribution is -2.47. The molecule has 1 fully saturated rings. The summed E-state index contributed by atoms with van der Waals surface area (Å²) in [5.41, 5.74) is 1.93. The predicted octanol–water partition coefficient (Wildman–Crippen LogP) is 6.61. The third kappa shape index (κ3) is 5.48. The molecule has 32 heavy (non-hydrogen) atoms. The molecule has 0 saturated carbocycles. The molecule has 3 aromatic rings. The number of para-hydroxylation sites is 2. The number of ether oxygens (including phenoxy) is 1. The monoisotopic (exact) mass is 493 g/mol. The molecule has 0 radical (unpaired) electrons. The Bertz CT molecular complexity index is 983. The number of carbonyl (C=O) groups excluding carboxylic acids is 1. The average Bonchev–Trinajstić information content (AvgIpc) is 2.84. The van der Waals surface area contributed by atoms with Crippen molar-refractivity contribution in [1.82, 2.24) is 4.90 Å². The molecule has 168 valence electrons. The minimum atomic E-state index is -0.469. The van der Waals surface area contributed by atoms with Crippen molar-refractivity contribution in [1.29, 1.82) is 0 Å². The van der Waals surface area contributed by atoms with E-state index in [0.29, 0.717) is 12.2 Å². The zero-order chi connectivity index (χ0) is 21.5. The molecule has 1 saturated heterocycles. The van der Waals surface area contributed by atoms with Gasteiger partial charge >= 0.3 is 0 Å².